The third-order valence-corrected chi connectivity index (χ3v) is 6.94. The van der Waals surface area contributed by atoms with Gasteiger partial charge in [0.05, 0.1) is 11.1 Å². The van der Waals surface area contributed by atoms with Crippen molar-refractivity contribution >= 4 is 28.5 Å². The molecule has 0 bridgehead atoms. The number of nitrogens with one attached hydrogen (secondary N) is 1. The molecule has 2 aromatic heterocycles. The average Bonchev–Trinajstić information content (AvgIpc) is 3.39. The van der Waals surface area contributed by atoms with E-state index in [0.717, 1.165) is 28.2 Å². The number of ether oxygens (including phenoxy) is 1. The van der Waals surface area contributed by atoms with Gasteiger partial charge in [0, 0.05) is 53.8 Å². The van der Waals surface area contributed by atoms with Crippen LogP contribution in [0.3, 0.4) is 0 Å². The predicted molar refractivity (Wildman–Crippen MR) is 138 cm³/mol. The summed E-state index contributed by atoms with van der Waals surface area (Å²) in [5, 5.41) is 3.35. The maximum Gasteiger partial charge on any atom is 0.253 e. The highest BCUT2D eigenvalue weighted by Crippen LogP contribution is 2.52. The Morgan fingerprint density at radius 2 is 1.75 bits per heavy atom. The average molecular weight is 500 g/mol. The molecule has 5 rings (SSSR count). The van der Waals surface area contributed by atoms with Crippen LogP contribution in [-0.4, -0.2) is 45.2 Å². The van der Waals surface area contributed by atoms with Crippen molar-refractivity contribution in [3.05, 3.63) is 83.7 Å². The van der Waals surface area contributed by atoms with E-state index in [1.165, 1.54) is 6.33 Å². The van der Waals surface area contributed by atoms with Gasteiger partial charge < -0.3 is 15.0 Å². The molecule has 1 N–H and O–H groups in total. The Kier molecular flexibility index (Phi) is 6.01. The number of hydrogen-bond acceptors (Lipinski definition) is 7. The number of pyridine rings is 1. The first-order valence-corrected chi connectivity index (χ1v) is 12.2. The van der Waals surface area contributed by atoms with Crippen LogP contribution in [0.15, 0.2) is 67.0 Å². The number of benzene rings is 2. The number of carbonyl (C=O) groups excluding carboxylic acids is 2. The first kappa shape index (κ1) is 23.6. The van der Waals surface area contributed by atoms with E-state index in [9.17, 15) is 9.59 Å². The number of carbonyl (C=O) groups is 2. The molecular weight excluding hydrogens is 474 g/mol. The van der Waals surface area contributed by atoms with Gasteiger partial charge in [-0.3, -0.25) is 9.59 Å². The van der Waals surface area contributed by atoms with E-state index in [2.05, 4.69) is 14.7 Å². The highest BCUT2D eigenvalue weighted by atomic mass is 32.1. The molecule has 182 valence electrons. The van der Waals surface area contributed by atoms with Crippen molar-refractivity contribution in [1.82, 2.24) is 19.2 Å². The van der Waals surface area contributed by atoms with E-state index < -0.39 is 5.41 Å². The fraction of sp³-hybridized carbons (Fsp3) is 0.222. The fourth-order valence-electron chi connectivity index (χ4n) is 4.43. The molecule has 0 saturated heterocycles. The molecular formula is C27H25N5O3S. The molecule has 1 atom stereocenters. The summed E-state index contributed by atoms with van der Waals surface area (Å²) in [6.45, 7) is 3.82. The minimum Gasteiger partial charge on any atom is -0.438 e. The summed E-state index contributed by atoms with van der Waals surface area (Å²) in [7, 11) is 3.45. The van der Waals surface area contributed by atoms with Crippen LogP contribution in [-0.2, 0) is 4.79 Å². The van der Waals surface area contributed by atoms with Crippen LogP contribution in [0.4, 0.5) is 5.13 Å². The highest BCUT2D eigenvalue weighted by Gasteiger charge is 2.44. The normalized spacial score (nSPS) is 14.3. The number of fused-ring (bicyclic) bond motifs is 2. The summed E-state index contributed by atoms with van der Waals surface area (Å²) >= 11 is 1.14. The van der Waals surface area contributed by atoms with E-state index in [-0.39, 0.29) is 17.7 Å². The second-order valence-corrected chi connectivity index (χ2v) is 10.1. The lowest BCUT2D eigenvalue weighted by Crippen LogP contribution is -2.38. The van der Waals surface area contributed by atoms with Gasteiger partial charge in [0.1, 0.15) is 12.1 Å². The summed E-state index contributed by atoms with van der Waals surface area (Å²) in [4.78, 5) is 36.1. The Bertz CT molecular complexity index is 1430. The van der Waals surface area contributed by atoms with Gasteiger partial charge in [-0.15, -0.1) is 0 Å². The number of amides is 2. The largest absolute Gasteiger partial charge is 0.438 e. The Morgan fingerprint density at radius 3 is 2.44 bits per heavy atom. The number of anilines is 1. The first-order chi connectivity index (χ1) is 17.3. The minimum atomic E-state index is -0.850. The zero-order chi connectivity index (χ0) is 25.4. The summed E-state index contributed by atoms with van der Waals surface area (Å²) in [6, 6.07) is 18.9. The van der Waals surface area contributed by atoms with Gasteiger partial charge in [-0.25, -0.2) is 9.97 Å². The lowest BCUT2D eigenvalue weighted by molar-refractivity contribution is -0.124. The molecule has 0 fully saturated rings. The van der Waals surface area contributed by atoms with Crippen molar-refractivity contribution in [2.24, 2.45) is 5.41 Å². The second kappa shape index (κ2) is 9.16. The molecule has 0 saturated carbocycles. The molecule has 0 radical (unpaired) electrons. The molecule has 0 aliphatic carbocycles. The van der Waals surface area contributed by atoms with Gasteiger partial charge in [-0.05, 0) is 24.3 Å². The molecule has 1 aliphatic heterocycles. The standard InChI is InChI=1S/C27H25N5O3S/c1-27(2,25(34)31-26-28-15-29-36-26)22-18-7-5-6-8-21(18)35-23-19(22)13-14-20(30-23)16-9-11-17(12-10-16)24(33)32(3)4/h5-15,22H,1-4H3,(H,28,29,31,34). The van der Waals surface area contributed by atoms with Crippen molar-refractivity contribution in [1.29, 1.82) is 0 Å². The number of nitrogens with zero attached hydrogens (tertiary/aromatic N) is 4. The summed E-state index contributed by atoms with van der Waals surface area (Å²) in [5.41, 5.74) is 3.08. The number of rotatable bonds is 5. The van der Waals surface area contributed by atoms with Crippen LogP contribution in [0, 0.1) is 5.41 Å². The topological polar surface area (TPSA) is 97.3 Å². The smallest absolute Gasteiger partial charge is 0.253 e. The molecule has 2 aromatic carbocycles. The first-order valence-electron chi connectivity index (χ1n) is 11.4. The van der Waals surface area contributed by atoms with E-state index in [0.29, 0.717) is 28.0 Å². The van der Waals surface area contributed by atoms with Crippen LogP contribution in [0.5, 0.6) is 11.6 Å². The van der Waals surface area contributed by atoms with Gasteiger partial charge >= 0.3 is 0 Å². The molecule has 1 aliphatic rings. The lowest BCUT2D eigenvalue weighted by atomic mass is 9.69. The zero-order valence-electron chi connectivity index (χ0n) is 20.4. The predicted octanol–water partition coefficient (Wildman–Crippen LogP) is 5.20. The Hall–Kier alpha value is -4.11. The monoisotopic (exact) mass is 499 g/mol. The number of para-hydroxylation sites is 1. The fourth-order valence-corrected chi connectivity index (χ4v) is 4.86. The molecule has 1 unspecified atom stereocenters. The molecule has 3 heterocycles. The lowest BCUT2D eigenvalue weighted by Gasteiger charge is -2.37. The molecule has 4 aromatic rings. The van der Waals surface area contributed by atoms with E-state index >= 15 is 0 Å². The second-order valence-electron chi connectivity index (χ2n) is 9.36. The number of aromatic nitrogens is 3. The Balaban J connectivity index is 1.53. The van der Waals surface area contributed by atoms with E-state index in [1.54, 1.807) is 31.1 Å². The quantitative estimate of drug-likeness (QED) is 0.405. The Labute approximate surface area is 213 Å². The van der Waals surface area contributed by atoms with Crippen molar-refractivity contribution in [3.8, 4) is 22.9 Å². The SMILES string of the molecule is CN(C)C(=O)c1ccc(-c2ccc3c(n2)Oc2ccccc2C3C(C)(C)C(=O)Nc2ncns2)cc1. The van der Waals surface area contributed by atoms with Gasteiger partial charge in [-0.1, -0.05) is 50.2 Å². The van der Waals surface area contributed by atoms with Crippen LogP contribution >= 0.6 is 11.5 Å². The minimum absolute atomic E-state index is 0.0585. The van der Waals surface area contributed by atoms with Crippen molar-refractivity contribution in [2.75, 3.05) is 19.4 Å². The van der Waals surface area contributed by atoms with Crippen molar-refractivity contribution in [2.45, 2.75) is 19.8 Å². The van der Waals surface area contributed by atoms with Gasteiger partial charge in [0.15, 0.2) is 0 Å². The third kappa shape index (κ3) is 4.22. The van der Waals surface area contributed by atoms with Crippen LogP contribution in [0.1, 0.15) is 41.3 Å². The molecule has 36 heavy (non-hydrogen) atoms. The molecule has 2 amide bonds. The van der Waals surface area contributed by atoms with Gasteiger partial charge in [0.25, 0.3) is 5.91 Å². The van der Waals surface area contributed by atoms with Gasteiger partial charge in [0.2, 0.25) is 16.9 Å². The van der Waals surface area contributed by atoms with Crippen molar-refractivity contribution in [3.63, 3.8) is 0 Å². The van der Waals surface area contributed by atoms with Crippen LogP contribution < -0.4 is 10.1 Å². The van der Waals surface area contributed by atoms with E-state index in [4.69, 9.17) is 9.72 Å². The van der Waals surface area contributed by atoms with E-state index in [1.807, 2.05) is 62.4 Å². The summed E-state index contributed by atoms with van der Waals surface area (Å²) in [5.74, 6) is 0.603. The Morgan fingerprint density at radius 1 is 1.00 bits per heavy atom. The molecule has 9 heteroatoms. The molecule has 8 nitrogen and oxygen atoms in total. The number of hydrogen-bond donors (Lipinski definition) is 1. The van der Waals surface area contributed by atoms with Crippen molar-refractivity contribution < 1.29 is 14.3 Å². The molecule has 0 spiro atoms. The zero-order valence-corrected chi connectivity index (χ0v) is 21.2. The highest BCUT2D eigenvalue weighted by molar-refractivity contribution is 7.09. The summed E-state index contributed by atoms with van der Waals surface area (Å²) < 4.78 is 10.2. The summed E-state index contributed by atoms with van der Waals surface area (Å²) in [6.07, 6.45) is 1.42. The van der Waals surface area contributed by atoms with Gasteiger partial charge in [-0.2, -0.15) is 4.37 Å². The van der Waals surface area contributed by atoms with Crippen LogP contribution in [0.2, 0.25) is 0 Å². The maximum atomic E-state index is 13.4. The maximum absolute atomic E-state index is 13.4. The van der Waals surface area contributed by atoms with Crippen LogP contribution in [0.25, 0.3) is 11.3 Å². The third-order valence-electron chi connectivity index (χ3n) is 6.36.